The number of carboxylic acids is 1. The topological polar surface area (TPSA) is 62.5 Å². The highest BCUT2D eigenvalue weighted by atomic mass is 32.2. The normalized spacial score (nSPS) is 10.2. The molecule has 5 heteroatoms. The van der Waals surface area contributed by atoms with E-state index in [1.54, 1.807) is 6.07 Å². The van der Waals surface area contributed by atoms with Gasteiger partial charge in [0.15, 0.2) is 5.88 Å². The highest BCUT2D eigenvalue weighted by Crippen LogP contribution is 2.13. The maximum atomic E-state index is 10.5. The van der Waals surface area contributed by atoms with E-state index in [2.05, 4.69) is 11.6 Å². The summed E-state index contributed by atoms with van der Waals surface area (Å²) in [5.74, 6) is 0.615. The predicted octanol–water partition coefficient (Wildman–Crippen LogP) is 2.53. The molecule has 0 aliphatic heterocycles. The molecule has 1 aromatic heterocycles. The Bertz CT molecular complexity index is 311. The van der Waals surface area contributed by atoms with Crippen LogP contribution in [0.1, 0.15) is 23.4 Å². The molecule has 0 spiro atoms. The molecule has 0 saturated carbocycles. The molecule has 1 aromatic rings. The van der Waals surface area contributed by atoms with Gasteiger partial charge in [0.05, 0.1) is 0 Å². The van der Waals surface area contributed by atoms with Crippen LogP contribution in [-0.2, 0) is 0 Å². The smallest absolute Gasteiger partial charge is 0.371 e. The second-order valence-electron chi connectivity index (χ2n) is 3.10. The number of carboxylic acid groups (broad SMARTS) is 1. The van der Waals surface area contributed by atoms with Gasteiger partial charge in [-0.15, -0.1) is 0 Å². The molecular formula is C10H15NO3S. The fourth-order valence-electron chi connectivity index (χ4n) is 1.13. The van der Waals surface area contributed by atoms with E-state index in [-0.39, 0.29) is 5.76 Å². The average molecular weight is 229 g/mol. The molecule has 1 heterocycles. The largest absolute Gasteiger partial charge is 0.475 e. The van der Waals surface area contributed by atoms with Crippen LogP contribution in [0, 0.1) is 0 Å². The van der Waals surface area contributed by atoms with Gasteiger partial charge in [-0.25, -0.2) is 4.79 Å². The monoisotopic (exact) mass is 229 g/mol. The first-order valence-electron chi connectivity index (χ1n) is 4.80. The summed E-state index contributed by atoms with van der Waals surface area (Å²) in [6.07, 6.45) is 4.30. The Labute approximate surface area is 93.0 Å². The van der Waals surface area contributed by atoms with Gasteiger partial charge >= 0.3 is 5.97 Å². The van der Waals surface area contributed by atoms with Crippen LogP contribution in [0.4, 0.5) is 5.88 Å². The number of carbonyl (C=O) groups is 1. The van der Waals surface area contributed by atoms with Crippen molar-refractivity contribution in [1.82, 2.24) is 0 Å². The molecule has 0 aliphatic rings. The van der Waals surface area contributed by atoms with E-state index < -0.39 is 5.97 Å². The van der Waals surface area contributed by atoms with E-state index in [4.69, 9.17) is 9.52 Å². The SMILES string of the molecule is CSCCCCNc1ccc(C(=O)O)o1. The summed E-state index contributed by atoms with van der Waals surface area (Å²) in [5.41, 5.74) is 0. The van der Waals surface area contributed by atoms with Gasteiger partial charge in [0.1, 0.15) is 0 Å². The van der Waals surface area contributed by atoms with Crippen LogP contribution in [0.2, 0.25) is 0 Å². The Morgan fingerprint density at radius 2 is 2.33 bits per heavy atom. The number of thioether (sulfide) groups is 1. The predicted molar refractivity (Wildman–Crippen MR) is 61.8 cm³/mol. The Morgan fingerprint density at radius 1 is 1.53 bits per heavy atom. The molecule has 0 amide bonds. The minimum absolute atomic E-state index is 0.0263. The fourth-order valence-corrected chi connectivity index (χ4v) is 1.62. The van der Waals surface area contributed by atoms with Gasteiger partial charge in [-0.1, -0.05) is 0 Å². The maximum absolute atomic E-state index is 10.5. The zero-order valence-electron chi connectivity index (χ0n) is 8.66. The molecule has 1 rings (SSSR count). The zero-order valence-corrected chi connectivity index (χ0v) is 9.47. The number of nitrogens with one attached hydrogen (secondary N) is 1. The highest BCUT2D eigenvalue weighted by Gasteiger charge is 2.07. The summed E-state index contributed by atoms with van der Waals surface area (Å²) < 4.78 is 5.04. The molecule has 0 aromatic carbocycles. The Hall–Kier alpha value is -1.10. The first kappa shape index (κ1) is 12.0. The molecular weight excluding hydrogens is 214 g/mol. The van der Waals surface area contributed by atoms with Gasteiger partial charge in [0.2, 0.25) is 5.76 Å². The third-order valence-corrected chi connectivity index (χ3v) is 2.59. The molecule has 0 radical (unpaired) electrons. The number of unbranched alkanes of at least 4 members (excludes halogenated alkanes) is 1. The van der Waals surface area contributed by atoms with Crippen LogP contribution in [0.25, 0.3) is 0 Å². The maximum Gasteiger partial charge on any atom is 0.371 e. The fraction of sp³-hybridized carbons (Fsp3) is 0.500. The Kier molecular flexibility index (Phi) is 5.10. The van der Waals surface area contributed by atoms with E-state index in [1.165, 1.54) is 6.07 Å². The Morgan fingerprint density at radius 3 is 2.93 bits per heavy atom. The van der Waals surface area contributed by atoms with Crippen LogP contribution in [0.5, 0.6) is 0 Å². The third kappa shape index (κ3) is 4.29. The van der Waals surface area contributed by atoms with Gasteiger partial charge < -0.3 is 14.8 Å². The molecule has 84 valence electrons. The molecule has 15 heavy (non-hydrogen) atoms. The lowest BCUT2D eigenvalue weighted by molar-refractivity contribution is 0.0663. The molecule has 0 fully saturated rings. The van der Waals surface area contributed by atoms with Crippen molar-refractivity contribution in [2.75, 3.05) is 23.9 Å². The second kappa shape index (κ2) is 6.40. The van der Waals surface area contributed by atoms with Crippen LogP contribution in [-0.4, -0.2) is 29.6 Å². The van der Waals surface area contributed by atoms with Crippen LogP contribution in [0.3, 0.4) is 0 Å². The van der Waals surface area contributed by atoms with E-state index >= 15 is 0 Å². The minimum Gasteiger partial charge on any atom is -0.475 e. The van der Waals surface area contributed by atoms with Crippen molar-refractivity contribution < 1.29 is 14.3 Å². The van der Waals surface area contributed by atoms with Crippen LogP contribution in [0.15, 0.2) is 16.5 Å². The van der Waals surface area contributed by atoms with Crippen molar-refractivity contribution in [3.05, 3.63) is 17.9 Å². The van der Waals surface area contributed by atoms with Crippen LogP contribution >= 0.6 is 11.8 Å². The van der Waals surface area contributed by atoms with Crippen molar-refractivity contribution in [1.29, 1.82) is 0 Å². The number of aromatic carboxylic acids is 1. The lowest BCUT2D eigenvalue weighted by atomic mass is 10.3. The lowest BCUT2D eigenvalue weighted by Crippen LogP contribution is -2.00. The molecule has 0 aliphatic carbocycles. The van der Waals surface area contributed by atoms with Gasteiger partial charge in [-0.3, -0.25) is 0 Å². The minimum atomic E-state index is -1.04. The standard InChI is InChI=1S/C10H15NO3S/c1-15-7-3-2-6-11-9-5-4-8(14-9)10(12)13/h4-5,11H,2-3,6-7H2,1H3,(H,12,13). The molecule has 0 saturated heterocycles. The number of hydrogen-bond acceptors (Lipinski definition) is 4. The van der Waals surface area contributed by atoms with Crippen molar-refractivity contribution in [2.45, 2.75) is 12.8 Å². The van der Waals surface area contributed by atoms with Crippen LogP contribution < -0.4 is 5.32 Å². The quantitative estimate of drug-likeness (QED) is 0.703. The van der Waals surface area contributed by atoms with E-state index in [0.29, 0.717) is 5.88 Å². The summed E-state index contributed by atoms with van der Waals surface area (Å²) in [5, 5.41) is 11.7. The number of anilines is 1. The summed E-state index contributed by atoms with van der Waals surface area (Å²) >= 11 is 1.83. The number of rotatable bonds is 7. The molecule has 0 unspecified atom stereocenters. The van der Waals surface area contributed by atoms with Crippen molar-refractivity contribution in [2.24, 2.45) is 0 Å². The molecule has 4 nitrogen and oxygen atoms in total. The van der Waals surface area contributed by atoms with E-state index in [1.807, 2.05) is 11.8 Å². The first-order chi connectivity index (χ1) is 7.24. The van der Waals surface area contributed by atoms with Crippen molar-refractivity contribution >= 4 is 23.6 Å². The molecule has 0 bridgehead atoms. The average Bonchev–Trinajstić information content (AvgIpc) is 2.66. The highest BCUT2D eigenvalue weighted by molar-refractivity contribution is 7.98. The third-order valence-electron chi connectivity index (χ3n) is 1.89. The molecule has 2 N–H and O–H groups in total. The Balaban J connectivity index is 2.23. The zero-order chi connectivity index (χ0) is 11.1. The van der Waals surface area contributed by atoms with Crippen molar-refractivity contribution in [3.63, 3.8) is 0 Å². The molecule has 0 atom stereocenters. The van der Waals surface area contributed by atoms with E-state index in [9.17, 15) is 4.79 Å². The second-order valence-corrected chi connectivity index (χ2v) is 4.08. The van der Waals surface area contributed by atoms with Gasteiger partial charge in [0.25, 0.3) is 0 Å². The summed E-state index contributed by atoms with van der Waals surface area (Å²) in [6.45, 7) is 0.813. The van der Waals surface area contributed by atoms with Crippen molar-refractivity contribution in [3.8, 4) is 0 Å². The van der Waals surface area contributed by atoms with Gasteiger partial charge in [-0.2, -0.15) is 11.8 Å². The first-order valence-corrected chi connectivity index (χ1v) is 6.19. The number of furan rings is 1. The van der Waals surface area contributed by atoms with E-state index in [0.717, 1.165) is 25.1 Å². The number of hydrogen-bond donors (Lipinski definition) is 2. The summed E-state index contributed by atoms with van der Waals surface area (Å²) in [4.78, 5) is 10.5. The van der Waals surface area contributed by atoms with Gasteiger partial charge in [0, 0.05) is 12.6 Å². The summed E-state index contributed by atoms with van der Waals surface area (Å²) in [7, 11) is 0. The summed E-state index contributed by atoms with van der Waals surface area (Å²) in [6, 6.07) is 3.09. The van der Waals surface area contributed by atoms with Gasteiger partial charge in [-0.05, 0) is 30.9 Å². The lowest BCUT2D eigenvalue weighted by Gasteiger charge is -2.01.